The Morgan fingerprint density at radius 1 is 1.45 bits per heavy atom. The molecule has 0 amide bonds. The first-order chi connectivity index (χ1) is 5.42. The van der Waals surface area contributed by atoms with E-state index in [0.29, 0.717) is 0 Å². The maximum absolute atomic E-state index is 5.09. The molecule has 0 bridgehead atoms. The molecule has 0 N–H and O–H groups in total. The Hall–Kier alpha value is -1.44. The fraction of sp³-hybridized carbons (Fsp3) is 0.111. The van der Waals surface area contributed by atoms with Gasteiger partial charge in [-0.2, -0.15) is 0 Å². The maximum atomic E-state index is 5.09. The Labute approximate surface area is 64.4 Å². The van der Waals surface area contributed by atoms with Crippen LogP contribution in [0.5, 0.6) is 5.75 Å². The molecule has 0 spiro atoms. The van der Waals surface area contributed by atoms with Gasteiger partial charge in [-0.25, -0.2) is 0 Å². The minimum Gasteiger partial charge on any atom is -0.496 e. The Morgan fingerprint density at radius 2 is 2.36 bits per heavy atom. The van der Waals surface area contributed by atoms with Gasteiger partial charge in [0.1, 0.15) is 5.75 Å². The molecule has 2 heteroatoms. The highest BCUT2D eigenvalue weighted by atomic mass is 16.5. The number of rotatable bonds is 1. The largest absolute Gasteiger partial charge is 0.496 e. The van der Waals surface area contributed by atoms with Crippen molar-refractivity contribution in [2.24, 2.45) is 0 Å². The first-order valence-corrected chi connectivity index (χ1v) is 3.33. The van der Waals surface area contributed by atoms with Gasteiger partial charge in [0.15, 0.2) is 6.26 Å². The highest BCUT2D eigenvalue weighted by molar-refractivity contribution is 5.86. The summed E-state index contributed by atoms with van der Waals surface area (Å²) in [5.74, 6) is 0.802. The van der Waals surface area contributed by atoms with Crippen LogP contribution in [-0.2, 0) is 0 Å². The summed E-state index contributed by atoms with van der Waals surface area (Å²) >= 11 is 0. The first-order valence-electron chi connectivity index (χ1n) is 3.33. The molecule has 0 saturated carbocycles. The SMILES string of the molecule is COc1cccc2co[c]c12. The van der Waals surface area contributed by atoms with Crippen LogP contribution in [0.2, 0.25) is 0 Å². The minimum atomic E-state index is 0.802. The minimum absolute atomic E-state index is 0.802. The monoisotopic (exact) mass is 147 g/mol. The Kier molecular flexibility index (Phi) is 1.32. The van der Waals surface area contributed by atoms with Crippen molar-refractivity contribution >= 4 is 10.8 Å². The van der Waals surface area contributed by atoms with Gasteiger partial charge in [-0.15, -0.1) is 0 Å². The van der Waals surface area contributed by atoms with Crippen LogP contribution in [0.4, 0.5) is 0 Å². The highest BCUT2D eigenvalue weighted by Gasteiger charge is 2.01. The molecule has 55 valence electrons. The summed E-state index contributed by atoms with van der Waals surface area (Å²) in [4.78, 5) is 0. The Balaban J connectivity index is 2.79. The molecule has 0 aliphatic rings. The van der Waals surface area contributed by atoms with Crippen LogP contribution < -0.4 is 4.74 Å². The third-order valence-corrected chi connectivity index (χ3v) is 1.63. The number of hydrogen-bond acceptors (Lipinski definition) is 2. The van der Waals surface area contributed by atoms with E-state index >= 15 is 0 Å². The summed E-state index contributed by atoms with van der Waals surface area (Å²) in [6.07, 6.45) is 4.39. The highest BCUT2D eigenvalue weighted by Crippen LogP contribution is 2.24. The van der Waals surface area contributed by atoms with Crippen molar-refractivity contribution < 1.29 is 9.15 Å². The van der Waals surface area contributed by atoms with Crippen molar-refractivity contribution in [3.63, 3.8) is 0 Å². The maximum Gasteiger partial charge on any atom is 0.181 e. The topological polar surface area (TPSA) is 22.4 Å². The summed E-state index contributed by atoms with van der Waals surface area (Å²) < 4.78 is 10.00. The van der Waals surface area contributed by atoms with Gasteiger partial charge >= 0.3 is 0 Å². The summed E-state index contributed by atoms with van der Waals surface area (Å²) in [6.45, 7) is 0. The number of ether oxygens (including phenoxy) is 1. The van der Waals surface area contributed by atoms with Gasteiger partial charge < -0.3 is 9.15 Å². The zero-order valence-corrected chi connectivity index (χ0v) is 6.13. The number of furan rings is 1. The molecule has 2 nitrogen and oxygen atoms in total. The van der Waals surface area contributed by atoms with Crippen molar-refractivity contribution in [2.75, 3.05) is 7.11 Å². The second-order valence-corrected chi connectivity index (χ2v) is 2.26. The fourth-order valence-corrected chi connectivity index (χ4v) is 1.08. The van der Waals surface area contributed by atoms with Gasteiger partial charge in [-0.3, -0.25) is 0 Å². The number of hydrogen-bond donors (Lipinski definition) is 0. The van der Waals surface area contributed by atoms with E-state index in [1.54, 1.807) is 13.4 Å². The molecule has 0 saturated heterocycles. The average molecular weight is 147 g/mol. The molecule has 1 aromatic heterocycles. The Bertz CT molecular complexity index is 362. The fourth-order valence-electron chi connectivity index (χ4n) is 1.08. The molecular weight excluding hydrogens is 140 g/mol. The van der Waals surface area contributed by atoms with Crippen LogP contribution in [0, 0.1) is 6.26 Å². The second-order valence-electron chi connectivity index (χ2n) is 2.26. The predicted octanol–water partition coefficient (Wildman–Crippen LogP) is 2.24. The van der Waals surface area contributed by atoms with E-state index in [1.165, 1.54) is 0 Å². The molecule has 0 atom stereocenters. The number of methoxy groups -OCH3 is 1. The molecule has 1 heterocycles. The lowest BCUT2D eigenvalue weighted by molar-refractivity contribution is 0.419. The van der Waals surface area contributed by atoms with E-state index in [1.807, 2.05) is 18.2 Å². The first kappa shape index (κ1) is 6.28. The second kappa shape index (κ2) is 2.31. The molecule has 2 aromatic rings. The van der Waals surface area contributed by atoms with Gasteiger partial charge in [-0.1, -0.05) is 12.1 Å². The van der Waals surface area contributed by atoms with Crippen LogP contribution in [-0.4, -0.2) is 7.11 Å². The molecule has 2 rings (SSSR count). The average Bonchev–Trinajstić information content (AvgIpc) is 2.50. The molecule has 1 aromatic carbocycles. The molecular formula is C9H7O2. The summed E-state index contributed by atoms with van der Waals surface area (Å²) in [7, 11) is 1.63. The molecule has 0 aliphatic carbocycles. The molecule has 0 aliphatic heterocycles. The van der Waals surface area contributed by atoms with Gasteiger partial charge in [0.25, 0.3) is 0 Å². The zero-order valence-electron chi connectivity index (χ0n) is 6.13. The van der Waals surface area contributed by atoms with Crippen molar-refractivity contribution in [2.45, 2.75) is 0 Å². The molecule has 0 fully saturated rings. The number of fused-ring (bicyclic) bond motifs is 1. The van der Waals surface area contributed by atoms with E-state index in [0.717, 1.165) is 16.5 Å². The smallest absolute Gasteiger partial charge is 0.181 e. The van der Waals surface area contributed by atoms with Crippen molar-refractivity contribution in [3.05, 3.63) is 30.7 Å². The van der Waals surface area contributed by atoms with Gasteiger partial charge in [0, 0.05) is 5.39 Å². The van der Waals surface area contributed by atoms with Gasteiger partial charge in [0.2, 0.25) is 0 Å². The summed E-state index contributed by atoms with van der Waals surface area (Å²) in [5, 5.41) is 1.92. The lowest BCUT2D eigenvalue weighted by Crippen LogP contribution is -1.81. The lowest BCUT2D eigenvalue weighted by Gasteiger charge is -1.97. The zero-order chi connectivity index (χ0) is 7.68. The standard InChI is InChI=1S/C9H7O2/c1-10-9-4-2-3-7-5-11-6-8(7)9/h2-5H,1H3. The van der Waals surface area contributed by atoms with E-state index in [-0.39, 0.29) is 0 Å². The van der Waals surface area contributed by atoms with Crippen molar-refractivity contribution in [1.29, 1.82) is 0 Å². The molecule has 0 unspecified atom stereocenters. The Morgan fingerprint density at radius 3 is 3.18 bits per heavy atom. The van der Waals surface area contributed by atoms with Crippen molar-refractivity contribution in [3.8, 4) is 5.75 Å². The quantitative estimate of drug-likeness (QED) is 0.617. The van der Waals surface area contributed by atoms with E-state index in [4.69, 9.17) is 9.15 Å². The van der Waals surface area contributed by atoms with E-state index in [9.17, 15) is 0 Å². The molecule has 1 radical (unpaired) electrons. The third kappa shape index (κ3) is 0.871. The lowest BCUT2D eigenvalue weighted by atomic mass is 10.2. The predicted molar refractivity (Wildman–Crippen MR) is 41.6 cm³/mol. The van der Waals surface area contributed by atoms with Gasteiger partial charge in [-0.05, 0) is 6.07 Å². The normalized spacial score (nSPS) is 10.3. The van der Waals surface area contributed by atoms with Gasteiger partial charge in [0.05, 0.1) is 18.8 Å². The summed E-state index contributed by atoms with van der Waals surface area (Å²) in [5.41, 5.74) is 0. The van der Waals surface area contributed by atoms with Crippen LogP contribution in [0.3, 0.4) is 0 Å². The van der Waals surface area contributed by atoms with Crippen LogP contribution >= 0.6 is 0 Å². The summed E-state index contributed by atoms with van der Waals surface area (Å²) in [6, 6.07) is 5.76. The van der Waals surface area contributed by atoms with E-state index in [2.05, 4.69) is 6.26 Å². The number of benzene rings is 1. The molecule has 11 heavy (non-hydrogen) atoms. The van der Waals surface area contributed by atoms with E-state index < -0.39 is 0 Å². The van der Waals surface area contributed by atoms with Crippen LogP contribution in [0.25, 0.3) is 10.8 Å². The van der Waals surface area contributed by atoms with Crippen LogP contribution in [0.1, 0.15) is 0 Å². The van der Waals surface area contributed by atoms with Crippen LogP contribution in [0.15, 0.2) is 28.9 Å². The van der Waals surface area contributed by atoms with Crippen molar-refractivity contribution in [1.82, 2.24) is 0 Å². The third-order valence-electron chi connectivity index (χ3n) is 1.63.